The number of rotatable bonds is 5. The molecule has 2 unspecified atom stereocenters. The molecule has 7 heteroatoms. The minimum Gasteiger partial charge on any atom is -0.480 e. The lowest BCUT2D eigenvalue weighted by atomic mass is 10.3. The second-order valence-corrected chi connectivity index (χ2v) is 3.30. The van der Waals surface area contributed by atoms with Crippen molar-refractivity contribution in [3.63, 3.8) is 0 Å². The first kappa shape index (κ1) is 11.9. The molecule has 0 aromatic carbocycles. The lowest BCUT2D eigenvalue weighted by molar-refractivity contribution is -0.140. The van der Waals surface area contributed by atoms with E-state index in [1.54, 1.807) is 6.92 Å². The fourth-order valence-corrected chi connectivity index (χ4v) is 1.80. The highest BCUT2D eigenvalue weighted by atomic mass is 32.2. The van der Waals surface area contributed by atoms with Crippen LogP contribution in [-0.2, 0) is 16.1 Å². The maximum atomic E-state index is 10.6. The molecule has 0 aliphatic heterocycles. The SMILES string of the molecule is CCN(C(CS)C(=O)O)S(=O)O. The predicted octanol–water partition coefficient (Wildman–Crippen LogP) is -0.172. The molecular formula is C5H11NO4S2. The number of carbonyl (C=O) groups is 1. The second kappa shape index (κ2) is 5.52. The Kier molecular flexibility index (Phi) is 5.47. The normalized spacial score (nSPS) is 16.0. The van der Waals surface area contributed by atoms with E-state index in [0.717, 1.165) is 4.31 Å². The summed E-state index contributed by atoms with van der Waals surface area (Å²) in [6.07, 6.45) is 0. The van der Waals surface area contributed by atoms with Gasteiger partial charge in [-0.2, -0.15) is 16.9 Å². The third-order valence-electron chi connectivity index (χ3n) is 1.32. The highest BCUT2D eigenvalue weighted by Crippen LogP contribution is 2.03. The number of carboxylic acids is 1. The largest absolute Gasteiger partial charge is 0.480 e. The van der Waals surface area contributed by atoms with E-state index in [2.05, 4.69) is 12.6 Å². The van der Waals surface area contributed by atoms with Gasteiger partial charge in [0, 0.05) is 12.3 Å². The van der Waals surface area contributed by atoms with E-state index >= 15 is 0 Å². The van der Waals surface area contributed by atoms with E-state index in [9.17, 15) is 9.00 Å². The molecule has 12 heavy (non-hydrogen) atoms. The molecule has 0 bridgehead atoms. The average molecular weight is 213 g/mol. The molecule has 0 fully saturated rings. The Labute approximate surface area is 78.6 Å². The zero-order valence-electron chi connectivity index (χ0n) is 6.51. The Morgan fingerprint density at radius 2 is 2.25 bits per heavy atom. The highest BCUT2D eigenvalue weighted by Gasteiger charge is 2.26. The molecule has 0 saturated carbocycles. The summed E-state index contributed by atoms with van der Waals surface area (Å²) < 4.78 is 20.2. The molecule has 0 rings (SSSR count). The van der Waals surface area contributed by atoms with Gasteiger partial charge < -0.3 is 5.11 Å². The van der Waals surface area contributed by atoms with E-state index in [1.165, 1.54) is 0 Å². The van der Waals surface area contributed by atoms with Crippen LogP contribution in [0.4, 0.5) is 0 Å². The maximum Gasteiger partial charge on any atom is 0.322 e. The third kappa shape index (κ3) is 3.10. The molecule has 0 aliphatic rings. The standard InChI is InChI=1S/C5H11NO4S2/c1-2-6(12(9)10)4(3-11)5(7)8/h4,11H,2-3H2,1H3,(H,7,8)(H,9,10). The summed E-state index contributed by atoms with van der Waals surface area (Å²) in [7, 11) is 0. The zero-order chi connectivity index (χ0) is 9.72. The van der Waals surface area contributed by atoms with Gasteiger partial charge in [-0.25, -0.2) is 4.21 Å². The Balaban J connectivity index is 4.44. The summed E-state index contributed by atoms with van der Waals surface area (Å²) in [4.78, 5) is 10.5. The van der Waals surface area contributed by atoms with Crippen molar-refractivity contribution in [3.8, 4) is 0 Å². The molecule has 0 spiro atoms. The second-order valence-electron chi connectivity index (χ2n) is 2.00. The van der Waals surface area contributed by atoms with Crippen molar-refractivity contribution in [2.24, 2.45) is 0 Å². The summed E-state index contributed by atoms with van der Waals surface area (Å²) in [6, 6.07) is -1.01. The number of aliphatic carboxylic acids is 1. The molecule has 5 nitrogen and oxygen atoms in total. The summed E-state index contributed by atoms with van der Waals surface area (Å²) in [5, 5.41) is 8.59. The van der Waals surface area contributed by atoms with Crippen molar-refractivity contribution < 1.29 is 18.7 Å². The predicted molar refractivity (Wildman–Crippen MR) is 48.4 cm³/mol. The summed E-state index contributed by atoms with van der Waals surface area (Å²) in [5.74, 6) is -1.13. The number of thiol groups is 1. The van der Waals surface area contributed by atoms with Gasteiger partial charge in [-0.05, 0) is 0 Å². The van der Waals surface area contributed by atoms with E-state index < -0.39 is 23.3 Å². The molecule has 0 aliphatic carbocycles. The van der Waals surface area contributed by atoms with Crippen molar-refractivity contribution in [2.75, 3.05) is 12.3 Å². The number of nitrogens with zero attached hydrogens (tertiary/aromatic N) is 1. The van der Waals surface area contributed by atoms with Crippen LogP contribution in [0.3, 0.4) is 0 Å². The summed E-state index contributed by atoms with van der Waals surface area (Å²) in [6.45, 7) is 1.80. The van der Waals surface area contributed by atoms with Crippen LogP contribution < -0.4 is 0 Å². The van der Waals surface area contributed by atoms with E-state index in [-0.39, 0.29) is 12.3 Å². The van der Waals surface area contributed by atoms with Gasteiger partial charge in [0.25, 0.3) is 0 Å². The maximum absolute atomic E-state index is 10.6. The number of carboxylic acid groups (broad SMARTS) is 1. The van der Waals surface area contributed by atoms with Crippen molar-refractivity contribution in [3.05, 3.63) is 0 Å². The van der Waals surface area contributed by atoms with Crippen LogP contribution >= 0.6 is 12.6 Å². The van der Waals surface area contributed by atoms with Crippen molar-refractivity contribution >= 4 is 29.9 Å². The fourth-order valence-electron chi connectivity index (χ4n) is 0.732. The minimum absolute atomic E-state index is 0.00940. The molecule has 2 atom stereocenters. The van der Waals surface area contributed by atoms with Gasteiger partial charge >= 0.3 is 5.97 Å². The van der Waals surface area contributed by atoms with Crippen LogP contribution in [0.25, 0.3) is 0 Å². The van der Waals surface area contributed by atoms with Gasteiger partial charge in [-0.15, -0.1) is 0 Å². The monoisotopic (exact) mass is 213 g/mol. The minimum atomic E-state index is -2.25. The molecular weight excluding hydrogens is 202 g/mol. The van der Waals surface area contributed by atoms with E-state index in [1.807, 2.05) is 0 Å². The van der Waals surface area contributed by atoms with Gasteiger partial charge in [0.1, 0.15) is 6.04 Å². The first-order valence-corrected chi connectivity index (χ1v) is 4.95. The van der Waals surface area contributed by atoms with Crippen LogP contribution in [-0.4, -0.2) is 42.5 Å². The molecule has 0 heterocycles. The van der Waals surface area contributed by atoms with Crippen molar-refractivity contribution in [2.45, 2.75) is 13.0 Å². The Morgan fingerprint density at radius 3 is 2.33 bits per heavy atom. The Hall–Kier alpha value is -0.110. The summed E-state index contributed by atoms with van der Waals surface area (Å²) in [5.41, 5.74) is 0. The van der Waals surface area contributed by atoms with Crippen LogP contribution in [0.15, 0.2) is 0 Å². The number of hydrogen-bond donors (Lipinski definition) is 3. The van der Waals surface area contributed by atoms with Crippen LogP contribution in [0.2, 0.25) is 0 Å². The third-order valence-corrected chi connectivity index (χ3v) is 2.58. The molecule has 0 radical (unpaired) electrons. The Morgan fingerprint density at radius 1 is 1.75 bits per heavy atom. The lowest BCUT2D eigenvalue weighted by Gasteiger charge is -2.21. The van der Waals surface area contributed by atoms with E-state index in [4.69, 9.17) is 9.66 Å². The average Bonchev–Trinajstić information content (AvgIpc) is 1.98. The van der Waals surface area contributed by atoms with Gasteiger partial charge in [0.2, 0.25) is 11.3 Å². The number of hydrogen-bond acceptors (Lipinski definition) is 3. The van der Waals surface area contributed by atoms with Gasteiger partial charge in [-0.1, -0.05) is 6.92 Å². The molecule has 0 aromatic rings. The molecule has 0 saturated heterocycles. The van der Waals surface area contributed by atoms with Crippen molar-refractivity contribution in [1.29, 1.82) is 0 Å². The van der Waals surface area contributed by atoms with Crippen LogP contribution in [0.5, 0.6) is 0 Å². The molecule has 72 valence electrons. The van der Waals surface area contributed by atoms with Crippen molar-refractivity contribution in [1.82, 2.24) is 4.31 Å². The van der Waals surface area contributed by atoms with E-state index in [0.29, 0.717) is 0 Å². The topological polar surface area (TPSA) is 77.8 Å². The Bertz CT molecular complexity index is 166. The quantitative estimate of drug-likeness (QED) is 0.437. The lowest BCUT2D eigenvalue weighted by Crippen LogP contribution is -2.43. The number of likely N-dealkylation sites (N-methyl/N-ethyl adjacent to an activating group) is 1. The van der Waals surface area contributed by atoms with Gasteiger partial charge in [-0.3, -0.25) is 9.35 Å². The first-order chi connectivity index (χ1) is 5.54. The van der Waals surface area contributed by atoms with Gasteiger partial charge in [0.15, 0.2) is 0 Å². The highest BCUT2D eigenvalue weighted by molar-refractivity contribution is 7.80. The fraction of sp³-hybridized carbons (Fsp3) is 0.800. The summed E-state index contributed by atoms with van der Waals surface area (Å²) >= 11 is 1.52. The smallest absolute Gasteiger partial charge is 0.322 e. The first-order valence-electron chi connectivity index (χ1n) is 3.25. The van der Waals surface area contributed by atoms with Crippen LogP contribution in [0.1, 0.15) is 6.92 Å². The molecule has 2 N–H and O–H groups in total. The zero-order valence-corrected chi connectivity index (χ0v) is 8.22. The van der Waals surface area contributed by atoms with Gasteiger partial charge in [0.05, 0.1) is 0 Å². The van der Waals surface area contributed by atoms with Crippen LogP contribution in [0, 0.1) is 0 Å². The molecule has 0 amide bonds. The molecule has 0 aromatic heterocycles.